The molecule has 1 spiro atoms. The van der Waals surface area contributed by atoms with Crippen LogP contribution in [0.4, 0.5) is 0 Å². The first kappa shape index (κ1) is 24.7. The van der Waals surface area contributed by atoms with Gasteiger partial charge in [-0.25, -0.2) is 0 Å². The molecule has 1 heteroatoms. The highest BCUT2D eigenvalue weighted by Crippen LogP contribution is 2.69. The van der Waals surface area contributed by atoms with Crippen molar-refractivity contribution >= 4 is 32.6 Å². The Morgan fingerprint density at radius 3 is 2.07 bits per heavy atom. The van der Waals surface area contributed by atoms with Gasteiger partial charge in [-0.05, 0) is 130 Å². The second-order valence-corrected chi connectivity index (χ2v) is 14.6. The molecule has 0 radical (unpaired) electrons. The third-order valence-corrected chi connectivity index (χ3v) is 12.5. The summed E-state index contributed by atoms with van der Waals surface area (Å²) in [6, 6.07) is 48.4. The second kappa shape index (κ2) is 8.76. The summed E-state index contributed by atoms with van der Waals surface area (Å²) in [6.07, 6.45) is 7.13. The van der Waals surface area contributed by atoms with Crippen molar-refractivity contribution in [2.24, 2.45) is 23.7 Å². The van der Waals surface area contributed by atoms with Crippen LogP contribution < -0.4 is 0 Å². The van der Waals surface area contributed by atoms with E-state index in [9.17, 15) is 0 Å². The first-order chi connectivity index (χ1) is 22.3. The molecule has 7 aromatic rings. The van der Waals surface area contributed by atoms with Crippen LogP contribution in [0, 0.1) is 23.7 Å². The van der Waals surface area contributed by atoms with E-state index in [1.165, 1.54) is 92.6 Å². The van der Waals surface area contributed by atoms with Gasteiger partial charge in [-0.3, -0.25) is 0 Å². The van der Waals surface area contributed by atoms with Gasteiger partial charge in [0.15, 0.2) is 0 Å². The number of nitrogens with zero attached hydrogens (tertiary/aromatic N) is 1. The van der Waals surface area contributed by atoms with Gasteiger partial charge >= 0.3 is 0 Å². The van der Waals surface area contributed by atoms with Crippen molar-refractivity contribution < 1.29 is 0 Å². The SMILES string of the molecule is c1ccc(-c2cccc(-n3c4cc5c(cc4c4c6ccccc6ccc43)C3(c4ccccc4-5)C4CC5CC(C4)CC3C5)c2)cc1. The summed E-state index contributed by atoms with van der Waals surface area (Å²) in [6.45, 7) is 0. The van der Waals surface area contributed by atoms with E-state index in [-0.39, 0.29) is 5.41 Å². The molecular weight excluding hydrogens is 542 g/mol. The summed E-state index contributed by atoms with van der Waals surface area (Å²) < 4.78 is 2.55. The zero-order valence-electron chi connectivity index (χ0n) is 25.4. The van der Waals surface area contributed by atoms with E-state index < -0.39 is 0 Å². The lowest BCUT2D eigenvalue weighted by Gasteiger charge is -2.61. The van der Waals surface area contributed by atoms with Crippen molar-refractivity contribution in [3.8, 4) is 27.9 Å². The number of hydrogen-bond acceptors (Lipinski definition) is 0. The molecule has 4 fully saturated rings. The number of rotatable bonds is 2. The van der Waals surface area contributed by atoms with Crippen molar-refractivity contribution in [1.82, 2.24) is 4.57 Å². The summed E-state index contributed by atoms with van der Waals surface area (Å²) >= 11 is 0. The smallest absolute Gasteiger partial charge is 0.0547 e. The van der Waals surface area contributed by atoms with Crippen molar-refractivity contribution in [2.75, 3.05) is 0 Å². The van der Waals surface area contributed by atoms with E-state index >= 15 is 0 Å². The van der Waals surface area contributed by atoms with Crippen LogP contribution in [0.15, 0.2) is 127 Å². The number of benzene rings is 6. The first-order valence-corrected chi connectivity index (χ1v) is 17.0. The maximum absolute atomic E-state index is 2.69. The van der Waals surface area contributed by atoms with E-state index in [1.807, 2.05) is 0 Å². The van der Waals surface area contributed by atoms with E-state index in [0.717, 1.165) is 23.7 Å². The summed E-state index contributed by atoms with van der Waals surface area (Å²) in [7, 11) is 0. The molecule has 5 aliphatic rings. The van der Waals surface area contributed by atoms with Crippen LogP contribution in [0.1, 0.15) is 43.2 Å². The van der Waals surface area contributed by atoms with Crippen molar-refractivity contribution in [3.05, 3.63) is 139 Å². The fourth-order valence-corrected chi connectivity index (χ4v) is 11.2. The second-order valence-electron chi connectivity index (χ2n) is 14.6. The van der Waals surface area contributed by atoms with Gasteiger partial charge in [-0.1, -0.05) is 97.1 Å². The van der Waals surface area contributed by atoms with Crippen molar-refractivity contribution in [2.45, 2.75) is 37.5 Å². The molecule has 6 aromatic carbocycles. The Bertz CT molecular complexity index is 2310. The molecule has 1 heterocycles. The highest BCUT2D eigenvalue weighted by Gasteiger charge is 2.61. The number of aromatic nitrogens is 1. The van der Waals surface area contributed by atoms with Gasteiger partial charge in [0.1, 0.15) is 0 Å². The molecule has 0 aliphatic heterocycles. The van der Waals surface area contributed by atoms with Crippen molar-refractivity contribution in [3.63, 3.8) is 0 Å². The molecule has 4 bridgehead atoms. The highest BCUT2D eigenvalue weighted by atomic mass is 15.0. The highest BCUT2D eigenvalue weighted by molar-refractivity contribution is 6.22. The maximum Gasteiger partial charge on any atom is 0.0547 e. The Kier molecular flexibility index (Phi) is 4.80. The topological polar surface area (TPSA) is 4.93 Å². The molecule has 45 heavy (non-hydrogen) atoms. The lowest BCUT2D eigenvalue weighted by atomic mass is 9.43. The van der Waals surface area contributed by atoms with Crippen LogP contribution in [0.2, 0.25) is 0 Å². The van der Waals surface area contributed by atoms with Gasteiger partial charge in [-0.15, -0.1) is 0 Å². The minimum Gasteiger partial charge on any atom is -0.309 e. The Labute approximate surface area is 264 Å². The van der Waals surface area contributed by atoms with Crippen LogP contribution in [0.3, 0.4) is 0 Å². The van der Waals surface area contributed by atoms with Gasteiger partial charge in [0.2, 0.25) is 0 Å². The standard InChI is InChI=1S/C44H35N/c1-2-9-29(10-3-1)31-12-8-13-34(24-31)45-41-18-17-30-11-4-5-14-35(30)43(41)38-25-40-37(26-42(38)45)36-15-6-7-16-39(36)44(40)32-20-27-19-28(22-32)23-33(44)21-27/h1-18,24-28,32-33H,19-23H2. The average Bonchev–Trinajstić information content (AvgIpc) is 3.57. The zero-order valence-corrected chi connectivity index (χ0v) is 25.4. The fourth-order valence-electron chi connectivity index (χ4n) is 11.2. The van der Waals surface area contributed by atoms with Crippen LogP contribution in [0.5, 0.6) is 0 Å². The normalized spacial score (nSPS) is 25.9. The van der Waals surface area contributed by atoms with Gasteiger partial charge in [0.25, 0.3) is 0 Å². The van der Waals surface area contributed by atoms with Crippen molar-refractivity contribution in [1.29, 1.82) is 0 Å². The maximum atomic E-state index is 2.69. The lowest BCUT2D eigenvalue weighted by molar-refractivity contribution is -0.0399. The molecule has 0 saturated heterocycles. The summed E-state index contributed by atoms with van der Waals surface area (Å²) in [5.41, 5.74) is 12.8. The molecule has 1 aromatic heterocycles. The van der Waals surface area contributed by atoms with E-state index in [0.29, 0.717) is 0 Å². The molecule has 0 unspecified atom stereocenters. The molecule has 12 rings (SSSR count). The number of fused-ring (bicyclic) bond motifs is 8. The minimum absolute atomic E-state index is 0.166. The molecule has 0 amide bonds. The molecular formula is C44H35N. The Morgan fingerprint density at radius 2 is 1.22 bits per heavy atom. The molecule has 5 aliphatic carbocycles. The average molecular weight is 578 g/mol. The monoisotopic (exact) mass is 577 g/mol. The number of hydrogen-bond donors (Lipinski definition) is 0. The fraction of sp³-hybridized carbons (Fsp3) is 0.227. The lowest BCUT2D eigenvalue weighted by Crippen LogP contribution is -2.55. The van der Waals surface area contributed by atoms with Gasteiger partial charge in [0, 0.05) is 21.9 Å². The predicted molar refractivity (Wildman–Crippen MR) is 187 cm³/mol. The third-order valence-electron chi connectivity index (χ3n) is 12.5. The zero-order chi connectivity index (χ0) is 29.3. The van der Waals surface area contributed by atoms with Gasteiger partial charge in [0.05, 0.1) is 11.0 Å². The van der Waals surface area contributed by atoms with Crippen LogP contribution in [-0.2, 0) is 5.41 Å². The Hall–Kier alpha value is -4.62. The quantitative estimate of drug-likeness (QED) is 0.193. The van der Waals surface area contributed by atoms with Gasteiger partial charge in [-0.2, -0.15) is 0 Å². The predicted octanol–water partition coefficient (Wildman–Crippen LogP) is 11.3. The summed E-state index contributed by atoms with van der Waals surface area (Å²) in [4.78, 5) is 0. The van der Waals surface area contributed by atoms with E-state index in [2.05, 4.69) is 132 Å². The van der Waals surface area contributed by atoms with E-state index in [1.54, 1.807) is 11.1 Å². The molecule has 0 N–H and O–H groups in total. The molecule has 4 saturated carbocycles. The summed E-state index contributed by atoms with van der Waals surface area (Å²) in [5.74, 6) is 3.42. The Balaban J connectivity index is 1.26. The third kappa shape index (κ3) is 3.14. The Morgan fingerprint density at radius 1 is 0.489 bits per heavy atom. The molecule has 216 valence electrons. The van der Waals surface area contributed by atoms with Crippen LogP contribution in [0.25, 0.3) is 60.5 Å². The van der Waals surface area contributed by atoms with E-state index in [4.69, 9.17) is 0 Å². The summed E-state index contributed by atoms with van der Waals surface area (Å²) in [5, 5.41) is 5.47. The minimum atomic E-state index is 0.166. The molecule has 1 nitrogen and oxygen atoms in total. The van der Waals surface area contributed by atoms with Crippen LogP contribution >= 0.6 is 0 Å². The van der Waals surface area contributed by atoms with Gasteiger partial charge < -0.3 is 4.57 Å². The van der Waals surface area contributed by atoms with Crippen LogP contribution in [-0.4, -0.2) is 4.57 Å². The first-order valence-electron chi connectivity index (χ1n) is 17.0. The largest absolute Gasteiger partial charge is 0.309 e. The molecule has 0 atom stereocenters.